The van der Waals surface area contributed by atoms with Crippen molar-refractivity contribution >= 4 is 43.4 Å². The van der Waals surface area contributed by atoms with Crippen LogP contribution < -0.4 is 9.44 Å². The Balaban J connectivity index is 0.000000247. The average molecular weight is 931 g/mol. The van der Waals surface area contributed by atoms with Gasteiger partial charge in [0, 0.05) is 0 Å². The van der Waals surface area contributed by atoms with Gasteiger partial charge < -0.3 is 10.2 Å². The van der Waals surface area contributed by atoms with E-state index in [1.165, 1.54) is 0 Å². The molecule has 6 aromatic carbocycles. The maximum atomic E-state index is 12.9. The highest BCUT2D eigenvalue weighted by Crippen LogP contribution is 2.26. The Kier molecular flexibility index (Phi) is 19.1. The third-order valence-electron chi connectivity index (χ3n) is 11.4. The van der Waals surface area contributed by atoms with Gasteiger partial charge in [0.1, 0.15) is 0 Å². The van der Waals surface area contributed by atoms with Crippen LogP contribution in [0.15, 0.2) is 155 Å². The summed E-state index contributed by atoms with van der Waals surface area (Å²) < 4.78 is 57.1. The van der Waals surface area contributed by atoms with E-state index in [4.69, 9.17) is 0 Å². The van der Waals surface area contributed by atoms with Crippen LogP contribution >= 0.6 is 0 Å². The van der Waals surface area contributed by atoms with Crippen molar-refractivity contribution in [3.63, 3.8) is 0 Å². The number of carboxylic acid groups (broad SMARTS) is 2. The van der Waals surface area contributed by atoms with Gasteiger partial charge in [-0.25, -0.2) is 26.4 Å². The first-order chi connectivity index (χ1) is 31.7. The molecule has 0 saturated carbocycles. The number of hydrogen-bond acceptors (Lipinski definition) is 6. The van der Waals surface area contributed by atoms with E-state index in [0.29, 0.717) is 41.3 Å². The summed E-state index contributed by atoms with van der Waals surface area (Å²) in [5, 5.41) is 18.6. The third-order valence-corrected chi connectivity index (χ3v) is 14.2. The lowest BCUT2D eigenvalue weighted by molar-refractivity contribution is 0.0684. The molecule has 0 radical (unpaired) electrons. The summed E-state index contributed by atoms with van der Waals surface area (Å²) >= 11 is 0. The minimum absolute atomic E-state index is 0.249. The maximum Gasteiger partial charge on any atom is 0.335 e. The van der Waals surface area contributed by atoms with E-state index in [1.54, 1.807) is 60.7 Å². The molecule has 348 valence electrons. The molecular formula is C54H62N2O8S2. The zero-order valence-corrected chi connectivity index (χ0v) is 39.7. The van der Waals surface area contributed by atoms with E-state index in [0.717, 1.165) is 97.6 Å². The van der Waals surface area contributed by atoms with Crippen molar-refractivity contribution in [2.24, 2.45) is 0 Å². The van der Waals surface area contributed by atoms with Crippen molar-refractivity contribution in [3.05, 3.63) is 190 Å². The van der Waals surface area contributed by atoms with Gasteiger partial charge >= 0.3 is 11.9 Å². The highest BCUT2D eigenvalue weighted by Gasteiger charge is 2.18. The van der Waals surface area contributed by atoms with Gasteiger partial charge in [0.05, 0.1) is 32.3 Å². The standard InChI is InChI=1S/2C27H31NO4S/c1-20(2)21-16-18-24(19-17-21)33(31,32)28-26-15-9-7-13-23(26)12-5-3-4-10-22-11-6-8-14-25(22)27(29)30;1-2-10-21-17-19-24(20-18-21)33(31,32)28-26-16-9-7-14-23(26)13-5-3-4-11-22-12-6-8-15-25(22)27(29)30/h6-9,11,13-20,28H,3-5,10,12H2,1-2H3,(H,29,30);6-9,12,14-20,28H,2-5,10-11,13H2,1H3,(H,29,30). The minimum Gasteiger partial charge on any atom is -0.478 e. The van der Waals surface area contributed by atoms with Gasteiger partial charge in [-0.15, -0.1) is 0 Å². The fourth-order valence-electron chi connectivity index (χ4n) is 7.75. The quantitative estimate of drug-likeness (QED) is 0.0461. The number of benzene rings is 6. The second kappa shape index (κ2) is 24.9. The van der Waals surface area contributed by atoms with Crippen molar-refractivity contribution in [2.75, 3.05) is 9.44 Å². The molecule has 0 aromatic heterocycles. The second-order valence-corrected chi connectivity index (χ2v) is 20.1. The molecule has 0 spiro atoms. The number of para-hydroxylation sites is 2. The van der Waals surface area contributed by atoms with Crippen LogP contribution in [0.3, 0.4) is 0 Å². The summed E-state index contributed by atoms with van der Waals surface area (Å²) in [5.74, 6) is -1.45. The summed E-state index contributed by atoms with van der Waals surface area (Å²) in [5.41, 5.74) is 7.75. The molecule has 0 aliphatic rings. The van der Waals surface area contributed by atoms with E-state index >= 15 is 0 Å². The van der Waals surface area contributed by atoms with Crippen LogP contribution in [0.1, 0.15) is 126 Å². The Morgan fingerprint density at radius 2 is 0.803 bits per heavy atom. The van der Waals surface area contributed by atoms with Gasteiger partial charge in [0.15, 0.2) is 0 Å². The first-order valence-electron chi connectivity index (χ1n) is 22.7. The van der Waals surface area contributed by atoms with Gasteiger partial charge in [0.25, 0.3) is 20.0 Å². The van der Waals surface area contributed by atoms with Gasteiger partial charge in [-0.1, -0.05) is 137 Å². The summed E-state index contributed by atoms with van der Waals surface area (Å²) in [6.45, 7) is 6.24. The van der Waals surface area contributed by atoms with Crippen LogP contribution in [0, 0.1) is 0 Å². The van der Waals surface area contributed by atoms with Crippen molar-refractivity contribution < 1.29 is 36.6 Å². The summed E-state index contributed by atoms with van der Waals surface area (Å²) in [6.07, 6.45) is 10.2. The van der Waals surface area contributed by atoms with Gasteiger partial charge in [-0.2, -0.15) is 0 Å². The number of carbonyl (C=O) groups is 2. The van der Waals surface area contributed by atoms with Gasteiger partial charge in [-0.05, 0) is 146 Å². The fraction of sp³-hybridized carbons (Fsp3) is 0.296. The molecule has 6 aromatic rings. The van der Waals surface area contributed by atoms with Gasteiger partial charge in [0.2, 0.25) is 0 Å². The lowest BCUT2D eigenvalue weighted by atomic mass is 9.99. The molecule has 12 heteroatoms. The minimum atomic E-state index is -3.67. The molecule has 0 heterocycles. The smallest absolute Gasteiger partial charge is 0.335 e. The number of unbranched alkanes of at least 4 members (excludes halogenated alkanes) is 4. The Hall–Kier alpha value is -6.24. The molecule has 0 fully saturated rings. The second-order valence-electron chi connectivity index (χ2n) is 16.7. The summed E-state index contributed by atoms with van der Waals surface area (Å²) in [7, 11) is -7.33. The summed E-state index contributed by atoms with van der Waals surface area (Å²) in [4.78, 5) is 23.2. The SMILES string of the molecule is CC(C)c1ccc(S(=O)(=O)Nc2ccccc2CCCCCc2ccccc2C(=O)O)cc1.CCCc1ccc(S(=O)(=O)Nc2ccccc2CCCCCc2ccccc2C(=O)O)cc1. The normalized spacial score (nSPS) is 11.4. The number of hydrogen-bond donors (Lipinski definition) is 4. The number of aryl methyl sites for hydroxylation is 5. The Morgan fingerprint density at radius 1 is 0.455 bits per heavy atom. The lowest BCUT2D eigenvalue weighted by Crippen LogP contribution is -2.14. The zero-order chi connectivity index (χ0) is 47.5. The van der Waals surface area contributed by atoms with Gasteiger partial charge in [-0.3, -0.25) is 9.44 Å². The Bertz CT molecular complexity index is 2730. The van der Waals surface area contributed by atoms with Crippen molar-refractivity contribution in [2.45, 2.75) is 114 Å². The highest BCUT2D eigenvalue weighted by atomic mass is 32.2. The third kappa shape index (κ3) is 15.2. The summed E-state index contributed by atoms with van der Waals surface area (Å²) in [6, 6.07) is 43.2. The molecule has 6 rings (SSSR count). The van der Waals surface area contributed by atoms with Crippen LogP contribution in [0.5, 0.6) is 0 Å². The van der Waals surface area contributed by atoms with Crippen LogP contribution in [0.25, 0.3) is 0 Å². The average Bonchev–Trinajstić information content (AvgIpc) is 3.30. The largest absolute Gasteiger partial charge is 0.478 e. The van der Waals surface area contributed by atoms with E-state index < -0.39 is 32.0 Å². The number of carboxylic acids is 2. The molecule has 10 nitrogen and oxygen atoms in total. The van der Waals surface area contributed by atoms with E-state index in [9.17, 15) is 36.6 Å². The molecule has 66 heavy (non-hydrogen) atoms. The number of nitrogens with one attached hydrogen (secondary N) is 2. The zero-order valence-electron chi connectivity index (χ0n) is 38.1. The predicted octanol–water partition coefficient (Wildman–Crippen LogP) is 12.4. The molecule has 0 saturated heterocycles. The number of sulfonamides is 2. The molecule has 0 unspecified atom stereocenters. The molecular weight excluding hydrogens is 869 g/mol. The van der Waals surface area contributed by atoms with E-state index in [2.05, 4.69) is 30.2 Å². The Labute approximate surface area is 391 Å². The predicted molar refractivity (Wildman–Crippen MR) is 265 cm³/mol. The van der Waals surface area contributed by atoms with Crippen LogP contribution in [-0.2, 0) is 52.2 Å². The molecule has 0 atom stereocenters. The fourth-order valence-corrected chi connectivity index (χ4v) is 9.95. The maximum absolute atomic E-state index is 12.9. The topological polar surface area (TPSA) is 167 Å². The first-order valence-corrected chi connectivity index (χ1v) is 25.7. The molecule has 4 N–H and O–H groups in total. The van der Waals surface area contributed by atoms with Crippen LogP contribution in [0.4, 0.5) is 11.4 Å². The molecule has 0 aliphatic heterocycles. The van der Waals surface area contributed by atoms with Crippen molar-refractivity contribution in [1.29, 1.82) is 0 Å². The van der Waals surface area contributed by atoms with E-state index in [1.807, 2.05) is 84.9 Å². The Morgan fingerprint density at radius 3 is 1.18 bits per heavy atom. The van der Waals surface area contributed by atoms with Crippen LogP contribution in [-0.4, -0.2) is 39.0 Å². The highest BCUT2D eigenvalue weighted by molar-refractivity contribution is 7.93. The molecule has 0 bridgehead atoms. The van der Waals surface area contributed by atoms with Crippen LogP contribution in [0.2, 0.25) is 0 Å². The van der Waals surface area contributed by atoms with Crippen molar-refractivity contribution in [1.82, 2.24) is 0 Å². The number of aromatic carboxylic acids is 2. The monoisotopic (exact) mass is 930 g/mol. The first kappa shape index (κ1) is 50.8. The van der Waals surface area contributed by atoms with E-state index in [-0.39, 0.29) is 9.79 Å². The van der Waals surface area contributed by atoms with Crippen molar-refractivity contribution in [3.8, 4) is 0 Å². The molecule has 0 aliphatic carbocycles. The molecule has 0 amide bonds. The number of anilines is 2. The number of rotatable bonds is 23. The lowest BCUT2D eigenvalue weighted by Gasteiger charge is -2.13.